The van der Waals surface area contributed by atoms with E-state index in [1.54, 1.807) is 38.2 Å². The van der Waals surface area contributed by atoms with Crippen LogP contribution in [0.3, 0.4) is 0 Å². The van der Waals surface area contributed by atoms with Crippen LogP contribution in [0.25, 0.3) is 22.3 Å². The van der Waals surface area contributed by atoms with Gasteiger partial charge in [0.2, 0.25) is 15.8 Å². The Morgan fingerprint density at radius 2 is 1.91 bits per heavy atom. The molecule has 3 heterocycles. The third-order valence-electron chi connectivity index (χ3n) is 4.86. The Morgan fingerprint density at radius 3 is 2.53 bits per heavy atom. The molecule has 0 bridgehead atoms. The molecule has 0 spiro atoms. The molecule has 0 unspecified atom stereocenters. The number of fused-ring (bicyclic) bond motifs is 1. The number of hydrogen-bond acceptors (Lipinski definition) is 7. The summed E-state index contributed by atoms with van der Waals surface area (Å²) in [6.07, 6.45) is 2.23. The summed E-state index contributed by atoms with van der Waals surface area (Å²) in [6.45, 7) is 1.70. The smallest absolute Gasteiger partial charge is 0.336 e. The van der Waals surface area contributed by atoms with Crippen molar-refractivity contribution in [3.63, 3.8) is 0 Å². The van der Waals surface area contributed by atoms with Gasteiger partial charge in [0.25, 0.3) is 5.91 Å². The molecule has 12 heteroatoms. The molecule has 1 aromatic carbocycles. The number of carboxylic acid groups (broad SMARTS) is 1. The molecule has 4 rings (SSSR count). The molecule has 32 heavy (non-hydrogen) atoms. The number of aromatic nitrogens is 5. The maximum Gasteiger partial charge on any atom is 0.336 e. The molecule has 0 aliphatic rings. The second kappa shape index (κ2) is 7.57. The molecule has 0 saturated heterocycles. The van der Waals surface area contributed by atoms with Gasteiger partial charge in [0, 0.05) is 18.0 Å². The standard InChI is InChI=1S/C20H18N6O5S/c1-11-5-4-6-13(20(28)29)16(11)14-9-12-7-8-15(23-17(12)26(14)32(3,30)31)24-19(27)18-21-10-22-25(18)2/h4-10H,1-3H3,(H,28,29)(H,23,24,27). The van der Waals surface area contributed by atoms with Crippen LogP contribution in [0.1, 0.15) is 26.5 Å². The summed E-state index contributed by atoms with van der Waals surface area (Å²) in [5.74, 6) is -1.60. The van der Waals surface area contributed by atoms with Gasteiger partial charge in [0.05, 0.1) is 17.5 Å². The zero-order valence-corrected chi connectivity index (χ0v) is 18.1. The molecule has 4 aromatic rings. The van der Waals surface area contributed by atoms with E-state index in [1.807, 2.05) is 0 Å². The van der Waals surface area contributed by atoms with Gasteiger partial charge in [-0.3, -0.25) is 4.79 Å². The zero-order chi connectivity index (χ0) is 23.2. The van der Waals surface area contributed by atoms with Crippen molar-refractivity contribution in [2.24, 2.45) is 7.05 Å². The average molecular weight is 454 g/mol. The highest BCUT2D eigenvalue weighted by atomic mass is 32.2. The summed E-state index contributed by atoms with van der Waals surface area (Å²) >= 11 is 0. The van der Waals surface area contributed by atoms with Gasteiger partial charge in [-0.1, -0.05) is 12.1 Å². The van der Waals surface area contributed by atoms with Crippen molar-refractivity contribution in [3.05, 3.63) is 59.7 Å². The minimum absolute atomic E-state index is 0.0338. The molecule has 0 aliphatic carbocycles. The van der Waals surface area contributed by atoms with Crippen molar-refractivity contribution < 1.29 is 23.1 Å². The Kier molecular flexibility index (Phi) is 5.01. The van der Waals surface area contributed by atoms with E-state index in [0.29, 0.717) is 10.9 Å². The number of carboxylic acids is 1. The molecule has 0 atom stereocenters. The van der Waals surface area contributed by atoms with E-state index in [9.17, 15) is 23.1 Å². The summed E-state index contributed by atoms with van der Waals surface area (Å²) in [7, 11) is -2.34. The van der Waals surface area contributed by atoms with E-state index < -0.39 is 21.9 Å². The van der Waals surface area contributed by atoms with Crippen molar-refractivity contribution in [2.75, 3.05) is 11.6 Å². The number of rotatable bonds is 5. The van der Waals surface area contributed by atoms with Crippen LogP contribution in [0.5, 0.6) is 0 Å². The van der Waals surface area contributed by atoms with Gasteiger partial charge in [0.15, 0.2) is 5.65 Å². The number of anilines is 1. The zero-order valence-electron chi connectivity index (χ0n) is 17.3. The second-order valence-electron chi connectivity index (χ2n) is 7.13. The predicted octanol–water partition coefficient (Wildman–Crippen LogP) is 1.90. The number of nitrogens with one attached hydrogen (secondary N) is 1. The van der Waals surface area contributed by atoms with Gasteiger partial charge in [-0.2, -0.15) is 5.10 Å². The molecule has 11 nitrogen and oxygen atoms in total. The number of carbonyl (C=O) groups excluding carboxylic acids is 1. The maximum absolute atomic E-state index is 12.7. The molecule has 0 saturated carbocycles. The van der Waals surface area contributed by atoms with Crippen LogP contribution in [0, 0.1) is 6.92 Å². The normalized spacial score (nSPS) is 11.6. The molecular formula is C20H18N6O5S. The molecule has 0 radical (unpaired) electrons. The summed E-state index contributed by atoms with van der Waals surface area (Å²) in [6, 6.07) is 9.38. The fourth-order valence-corrected chi connectivity index (χ4v) is 4.46. The highest BCUT2D eigenvalue weighted by Gasteiger charge is 2.24. The van der Waals surface area contributed by atoms with E-state index in [4.69, 9.17) is 0 Å². The third kappa shape index (κ3) is 3.60. The van der Waals surface area contributed by atoms with Crippen LogP contribution in [0.4, 0.5) is 5.82 Å². The predicted molar refractivity (Wildman–Crippen MR) is 116 cm³/mol. The molecule has 1 amide bonds. The lowest BCUT2D eigenvalue weighted by molar-refractivity contribution is 0.0697. The average Bonchev–Trinajstić information content (AvgIpc) is 3.30. The molecule has 164 valence electrons. The minimum atomic E-state index is -3.90. The van der Waals surface area contributed by atoms with Crippen molar-refractivity contribution >= 4 is 38.8 Å². The molecule has 0 aliphatic heterocycles. The van der Waals surface area contributed by atoms with Crippen LogP contribution in [-0.4, -0.2) is 55.4 Å². The monoisotopic (exact) mass is 454 g/mol. The van der Waals surface area contributed by atoms with Gasteiger partial charge >= 0.3 is 5.97 Å². The van der Waals surface area contributed by atoms with E-state index in [-0.39, 0.29) is 34.1 Å². The minimum Gasteiger partial charge on any atom is -0.478 e. The summed E-state index contributed by atoms with van der Waals surface area (Å²) in [5, 5.41) is 16.5. The lowest BCUT2D eigenvalue weighted by Crippen LogP contribution is -2.18. The number of hydrogen-bond donors (Lipinski definition) is 2. The quantitative estimate of drug-likeness (QED) is 0.464. The number of aryl methyl sites for hydroxylation is 2. The van der Waals surface area contributed by atoms with Crippen LogP contribution < -0.4 is 5.32 Å². The van der Waals surface area contributed by atoms with E-state index in [2.05, 4.69) is 20.4 Å². The highest BCUT2D eigenvalue weighted by Crippen LogP contribution is 2.34. The highest BCUT2D eigenvalue weighted by molar-refractivity contribution is 7.89. The Balaban J connectivity index is 1.92. The number of pyridine rings is 1. The van der Waals surface area contributed by atoms with Gasteiger partial charge in [-0.25, -0.2) is 31.8 Å². The first-order valence-corrected chi connectivity index (χ1v) is 11.1. The lowest BCUT2D eigenvalue weighted by Gasteiger charge is -2.13. The molecular weight excluding hydrogens is 436 g/mol. The Hall–Kier alpha value is -4.06. The number of nitrogens with zero attached hydrogens (tertiary/aromatic N) is 5. The largest absolute Gasteiger partial charge is 0.478 e. The maximum atomic E-state index is 12.7. The Morgan fingerprint density at radius 1 is 1.16 bits per heavy atom. The fraction of sp³-hybridized carbons (Fsp3) is 0.150. The topological polar surface area (TPSA) is 149 Å². The Bertz CT molecular complexity index is 1500. The molecule has 3 aromatic heterocycles. The number of benzene rings is 1. The number of carbonyl (C=O) groups is 2. The van der Waals surface area contributed by atoms with E-state index >= 15 is 0 Å². The molecule has 0 fully saturated rings. The van der Waals surface area contributed by atoms with Crippen molar-refractivity contribution in [3.8, 4) is 11.3 Å². The number of aromatic carboxylic acids is 1. The van der Waals surface area contributed by atoms with Crippen molar-refractivity contribution in [2.45, 2.75) is 6.92 Å². The van der Waals surface area contributed by atoms with Gasteiger partial charge in [-0.15, -0.1) is 0 Å². The van der Waals surface area contributed by atoms with Crippen molar-refractivity contribution in [1.29, 1.82) is 0 Å². The summed E-state index contributed by atoms with van der Waals surface area (Å²) < 4.78 is 27.7. The van der Waals surface area contributed by atoms with Gasteiger partial charge < -0.3 is 10.4 Å². The first-order chi connectivity index (χ1) is 15.1. The first-order valence-electron chi connectivity index (χ1n) is 9.29. The van der Waals surface area contributed by atoms with Crippen LogP contribution in [0.15, 0.2) is 42.7 Å². The molecule has 2 N–H and O–H groups in total. The third-order valence-corrected chi connectivity index (χ3v) is 5.89. The van der Waals surface area contributed by atoms with Gasteiger partial charge in [-0.05, 0) is 36.8 Å². The van der Waals surface area contributed by atoms with E-state index in [1.165, 1.54) is 23.1 Å². The second-order valence-corrected chi connectivity index (χ2v) is 8.96. The Labute approximate surface area is 182 Å². The fourth-order valence-electron chi connectivity index (χ4n) is 3.49. The van der Waals surface area contributed by atoms with E-state index in [0.717, 1.165) is 10.2 Å². The first kappa shape index (κ1) is 21.2. The number of amides is 1. The van der Waals surface area contributed by atoms with Crippen LogP contribution >= 0.6 is 0 Å². The van der Waals surface area contributed by atoms with Crippen LogP contribution in [0.2, 0.25) is 0 Å². The SMILES string of the molecule is Cc1cccc(C(=O)O)c1-c1cc2ccc(NC(=O)c3ncnn3C)nc2n1S(C)(=O)=O. The summed E-state index contributed by atoms with van der Waals surface area (Å²) in [5.41, 5.74) is 1.05. The lowest BCUT2D eigenvalue weighted by atomic mass is 9.99. The summed E-state index contributed by atoms with van der Waals surface area (Å²) in [4.78, 5) is 32.4. The van der Waals surface area contributed by atoms with Gasteiger partial charge in [0.1, 0.15) is 12.1 Å². The van der Waals surface area contributed by atoms with Crippen molar-refractivity contribution in [1.82, 2.24) is 23.7 Å². The van der Waals surface area contributed by atoms with Crippen LogP contribution in [-0.2, 0) is 17.1 Å².